The van der Waals surface area contributed by atoms with Gasteiger partial charge in [-0.2, -0.15) is 0 Å². The summed E-state index contributed by atoms with van der Waals surface area (Å²) in [7, 11) is 1.83. The summed E-state index contributed by atoms with van der Waals surface area (Å²) in [5.41, 5.74) is 0.00208. The largest absolute Gasteiger partial charge is 0.393 e. The minimum atomic E-state index is -0.632. The van der Waals surface area contributed by atoms with Gasteiger partial charge in [-0.1, -0.05) is 20.8 Å². The van der Waals surface area contributed by atoms with Crippen molar-refractivity contribution < 1.29 is 14.9 Å². The molecule has 3 heteroatoms. The topological polar surface area (TPSA) is 49.7 Å². The zero-order valence-electron chi connectivity index (χ0n) is 20.5. The van der Waals surface area contributed by atoms with Crippen LogP contribution in [0, 0.1) is 46.3 Å². The number of hydrogen-bond acceptors (Lipinski definition) is 3. The van der Waals surface area contributed by atoms with Crippen molar-refractivity contribution in [3.05, 3.63) is 0 Å². The van der Waals surface area contributed by atoms with Crippen LogP contribution >= 0.6 is 0 Å². The molecule has 4 aliphatic carbocycles. The number of aliphatic hydroxyl groups excluding tert-OH is 1. The Morgan fingerprint density at radius 3 is 2.30 bits per heavy atom. The van der Waals surface area contributed by atoms with Gasteiger partial charge in [0.1, 0.15) is 0 Å². The SMILES string of the molecule is COC(C)CCC(C)C1CCC2C3C[C@](C)(O)[C@@H]4C[C@H](O)CC[C@]4(C)C3CC[C@]12C. The molecule has 4 rings (SSSR count). The highest BCUT2D eigenvalue weighted by Gasteiger charge is 2.64. The van der Waals surface area contributed by atoms with Gasteiger partial charge in [0.2, 0.25) is 0 Å². The molecular weight excluding hydrogens is 372 g/mol. The monoisotopic (exact) mass is 420 g/mol. The summed E-state index contributed by atoms with van der Waals surface area (Å²) in [6.07, 6.45) is 11.8. The van der Waals surface area contributed by atoms with E-state index in [9.17, 15) is 10.2 Å². The Kier molecular flexibility index (Phi) is 6.17. The van der Waals surface area contributed by atoms with E-state index in [-0.39, 0.29) is 17.4 Å². The van der Waals surface area contributed by atoms with Crippen molar-refractivity contribution in [2.24, 2.45) is 46.3 Å². The van der Waals surface area contributed by atoms with Crippen molar-refractivity contribution >= 4 is 0 Å². The van der Waals surface area contributed by atoms with Gasteiger partial charge in [0.15, 0.2) is 0 Å². The van der Waals surface area contributed by atoms with E-state index < -0.39 is 5.60 Å². The third kappa shape index (κ3) is 3.59. The molecule has 0 saturated heterocycles. The number of hydrogen-bond donors (Lipinski definition) is 2. The van der Waals surface area contributed by atoms with Gasteiger partial charge in [0.05, 0.1) is 17.8 Å². The fourth-order valence-electron chi connectivity index (χ4n) is 9.52. The molecule has 4 saturated carbocycles. The van der Waals surface area contributed by atoms with Gasteiger partial charge >= 0.3 is 0 Å². The van der Waals surface area contributed by atoms with Crippen LogP contribution in [0.4, 0.5) is 0 Å². The zero-order valence-corrected chi connectivity index (χ0v) is 20.5. The maximum Gasteiger partial charge on any atom is 0.0656 e. The molecule has 2 N–H and O–H groups in total. The highest BCUT2D eigenvalue weighted by atomic mass is 16.5. The van der Waals surface area contributed by atoms with Crippen LogP contribution in [0.3, 0.4) is 0 Å². The first-order chi connectivity index (χ1) is 14.0. The maximum absolute atomic E-state index is 11.6. The minimum absolute atomic E-state index is 0.199. The number of methoxy groups -OCH3 is 1. The average Bonchev–Trinajstić information content (AvgIpc) is 3.04. The molecule has 174 valence electrons. The highest BCUT2D eigenvalue weighted by molar-refractivity contribution is 5.14. The molecule has 11 atom stereocenters. The van der Waals surface area contributed by atoms with E-state index in [4.69, 9.17) is 4.74 Å². The molecule has 30 heavy (non-hydrogen) atoms. The fraction of sp³-hybridized carbons (Fsp3) is 1.00. The molecular formula is C27H48O3. The first kappa shape index (κ1) is 23.1. The van der Waals surface area contributed by atoms with Crippen molar-refractivity contribution in [3.8, 4) is 0 Å². The Balaban J connectivity index is 1.55. The minimum Gasteiger partial charge on any atom is -0.393 e. The molecule has 0 aliphatic heterocycles. The molecule has 4 aliphatic rings. The van der Waals surface area contributed by atoms with Crippen LogP contribution < -0.4 is 0 Å². The standard InChI is InChI=1S/C27H48O3/c1-17(7-8-18(2)30-6)21-9-10-22-20-16-27(5,29)24-15-19(28)11-13-26(24,4)23(20)12-14-25(21,22)3/h17-24,28-29H,7-16H2,1-6H3/t17?,18?,19-,20?,21?,22?,23?,24-,25-,26-,27+/m1/s1. The summed E-state index contributed by atoms with van der Waals surface area (Å²) in [5.74, 6) is 3.98. The maximum atomic E-state index is 11.6. The summed E-state index contributed by atoms with van der Waals surface area (Å²) < 4.78 is 5.51. The smallest absolute Gasteiger partial charge is 0.0656 e. The van der Waals surface area contributed by atoms with E-state index in [2.05, 4.69) is 34.6 Å². The van der Waals surface area contributed by atoms with E-state index in [0.717, 1.165) is 55.8 Å². The van der Waals surface area contributed by atoms with Crippen LogP contribution in [0.25, 0.3) is 0 Å². The van der Waals surface area contributed by atoms with Gasteiger partial charge in [-0.25, -0.2) is 0 Å². The van der Waals surface area contributed by atoms with Gasteiger partial charge in [-0.3, -0.25) is 0 Å². The lowest BCUT2D eigenvalue weighted by Gasteiger charge is -2.65. The molecule has 4 fully saturated rings. The van der Waals surface area contributed by atoms with E-state index in [1.165, 1.54) is 32.1 Å². The quantitative estimate of drug-likeness (QED) is 0.589. The molecule has 0 aromatic carbocycles. The lowest BCUT2D eigenvalue weighted by Crippen LogP contribution is -2.62. The summed E-state index contributed by atoms with van der Waals surface area (Å²) >= 11 is 0. The molecule has 0 heterocycles. The summed E-state index contributed by atoms with van der Waals surface area (Å²) in [6.45, 7) is 11.9. The molecule has 0 bridgehead atoms. The second kappa shape index (κ2) is 8.03. The Labute approximate surface area is 185 Å². The zero-order chi connectivity index (χ0) is 21.9. The Hall–Kier alpha value is -0.120. The highest BCUT2D eigenvalue weighted by Crippen LogP contribution is 2.69. The molecule has 0 radical (unpaired) electrons. The van der Waals surface area contributed by atoms with Gasteiger partial charge in [-0.05, 0) is 124 Å². The number of ether oxygens (including phenoxy) is 1. The Morgan fingerprint density at radius 1 is 0.933 bits per heavy atom. The fourth-order valence-corrected chi connectivity index (χ4v) is 9.52. The molecule has 3 nitrogen and oxygen atoms in total. The van der Waals surface area contributed by atoms with E-state index in [0.29, 0.717) is 17.4 Å². The Morgan fingerprint density at radius 2 is 1.60 bits per heavy atom. The van der Waals surface area contributed by atoms with Crippen LogP contribution in [0.5, 0.6) is 0 Å². The normalized spacial score (nSPS) is 52.8. The summed E-state index contributed by atoms with van der Waals surface area (Å²) in [5, 5.41) is 22.0. The van der Waals surface area contributed by atoms with Crippen molar-refractivity contribution in [3.63, 3.8) is 0 Å². The molecule has 0 spiro atoms. The summed E-state index contributed by atoms with van der Waals surface area (Å²) in [6, 6.07) is 0. The van der Waals surface area contributed by atoms with Crippen LogP contribution in [0.15, 0.2) is 0 Å². The van der Waals surface area contributed by atoms with Gasteiger partial charge in [0.25, 0.3) is 0 Å². The van der Waals surface area contributed by atoms with Crippen LogP contribution in [0.2, 0.25) is 0 Å². The first-order valence-electron chi connectivity index (χ1n) is 13.0. The lowest BCUT2D eigenvalue weighted by atomic mass is 9.41. The molecule has 0 aromatic heterocycles. The first-order valence-corrected chi connectivity index (χ1v) is 13.0. The second-order valence-corrected chi connectivity index (χ2v) is 12.8. The third-order valence-corrected chi connectivity index (χ3v) is 11.2. The predicted octanol–water partition coefficient (Wildman–Crippen LogP) is 5.82. The number of rotatable bonds is 5. The Bertz CT molecular complexity index is 617. The predicted molar refractivity (Wildman–Crippen MR) is 122 cm³/mol. The van der Waals surface area contributed by atoms with Crippen molar-refractivity contribution in [1.29, 1.82) is 0 Å². The number of aliphatic hydroxyl groups is 2. The molecule has 0 amide bonds. The van der Waals surface area contributed by atoms with E-state index >= 15 is 0 Å². The van der Waals surface area contributed by atoms with Crippen LogP contribution in [-0.2, 0) is 4.74 Å². The van der Waals surface area contributed by atoms with E-state index in [1.807, 2.05) is 7.11 Å². The van der Waals surface area contributed by atoms with Gasteiger partial charge < -0.3 is 14.9 Å². The molecule has 0 aromatic rings. The number of fused-ring (bicyclic) bond motifs is 5. The third-order valence-electron chi connectivity index (χ3n) is 11.2. The average molecular weight is 421 g/mol. The van der Waals surface area contributed by atoms with Crippen molar-refractivity contribution in [1.82, 2.24) is 0 Å². The van der Waals surface area contributed by atoms with Gasteiger partial charge in [-0.15, -0.1) is 0 Å². The van der Waals surface area contributed by atoms with Crippen molar-refractivity contribution in [2.75, 3.05) is 7.11 Å². The summed E-state index contributed by atoms with van der Waals surface area (Å²) in [4.78, 5) is 0. The molecule has 6 unspecified atom stereocenters. The lowest BCUT2D eigenvalue weighted by molar-refractivity contribution is -0.210. The van der Waals surface area contributed by atoms with E-state index in [1.54, 1.807) is 0 Å². The van der Waals surface area contributed by atoms with Crippen molar-refractivity contribution in [2.45, 2.75) is 117 Å². The van der Waals surface area contributed by atoms with Crippen LogP contribution in [-0.4, -0.2) is 35.1 Å². The second-order valence-electron chi connectivity index (χ2n) is 12.8. The van der Waals surface area contributed by atoms with Gasteiger partial charge in [0, 0.05) is 7.11 Å². The van der Waals surface area contributed by atoms with Crippen LogP contribution in [0.1, 0.15) is 98.8 Å².